The number of benzene rings is 2. The Balaban J connectivity index is 1.56. The number of nitrogens with one attached hydrogen (secondary N) is 1. The molecule has 2 heterocycles. The van der Waals surface area contributed by atoms with E-state index >= 15 is 0 Å². The first kappa shape index (κ1) is 15.1. The maximum Gasteiger partial charge on any atom is 0.247 e. The highest BCUT2D eigenvalue weighted by Crippen LogP contribution is 2.26. The van der Waals surface area contributed by atoms with E-state index in [-0.39, 0.29) is 0 Å². The molecule has 120 valence electrons. The van der Waals surface area contributed by atoms with Gasteiger partial charge in [0.2, 0.25) is 5.95 Å². The Bertz CT molecular complexity index is 867. The number of nitrogens with zero attached hydrogens (tertiary/aromatic N) is 4. The van der Waals surface area contributed by atoms with Crippen LogP contribution in [0.1, 0.15) is 11.1 Å². The predicted molar refractivity (Wildman–Crippen MR) is 98.4 cm³/mol. The van der Waals surface area contributed by atoms with E-state index in [1.54, 1.807) is 6.20 Å². The molecule has 24 heavy (non-hydrogen) atoms. The predicted octanol–water partition coefficient (Wildman–Crippen LogP) is 3.94. The van der Waals surface area contributed by atoms with Crippen LogP contribution >= 0.6 is 15.9 Å². The van der Waals surface area contributed by atoms with Crippen molar-refractivity contribution in [2.24, 2.45) is 0 Å². The van der Waals surface area contributed by atoms with Gasteiger partial charge in [0.25, 0.3) is 0 Å². The quantitative estimate of drug-likeness (QED) is 0.744. The third-order valence-corrected chi connectivity index (χ3v) is 4.79. The van der Waals surface area contributed by atoms with Crippen molar-refractivity contribution in [3.63, 3.8) is 0 Å². The van der Waals surface area contributed by atoms with Crippen molar-refractivity contribution in [3.05, 3.63) is 70.3 Å². The largest absolute Gasteiger partial charge is 0.338 e. The molecular formula is C18H16BrN5. The molecule has 0 saturated heterocycles. The molecule has 0 spiro atoms. The van der Waals surface area contributed by atoms with Crippen molar-refractivity contribution in [3.8, 4) is 0 Å². The molecule has 1 N–H and O–H groups in total. The first-order valence-corrected chi connectivity index (χ1v) is 8.62. The highest BCUT2D eigenvalue weighted by atomic mass is 79.9. The monoisotopic (exact) mass is 381 g/mol. The number of aromatic nitrogens is 3. The Morgan fingerprint density at radius 1 is 1.00 bits per heavy atom. The fourth-order valence-electron chi connectivity index (χ4n) is 2.86. The van der Waals surface area contributed by atoms with Crippen LogP contribution in [0.15, 0.2) is 59.2 Å². The van der Waals surface area contributed by atoms with Crippen molar-refractivity contribution >= 4 is 33.4 Å². The molecule has 0 atom stereocenters. The molecule has 1 aliphatic rings. The first-order valence-electron chi connectivity index (χ1n) is 7.82. The molecule has 0 aliphatic carbocycles. The fourth-order valence-corrected chi connectivity index (χ4v) is 3.24. The topological polar surface area (TPSA) is 53.9 Å². The number of halogens is 1. The second-order valence-corrected chi connectivity index (χ2v) is 6.54. The minimum atomic E-state index is 0.654. The summed E-state index contributed by atoms with van der Waals surface area (Å²) >= 11 is 3.53. The lowest BCUT2D eigenvalue weighted by Crippen LogP contribution is -2.32. The minimum absolute atomic E-state index is 0.654. The maximum absolute atomic E-state index is 4.63. The van der Waals surface area contributed by atoms with Gasteiger partial charge >= 0.3 is 0 Å². The Morgan fingerprint density at radius 2 is 1.79 bits per heavy atom. The summed E-state index contributed by atoms with van der Waals surface area (Å²) < 4.78 is 0.983. The average molecular weight is 382 g/mol. The fraction of sp³-hybridized carbons (Fsp3) is 0.167. The smallest absolute Gasteiger partial charge is 0.247 e. The summed E-state index contributed by atoms with van der Waals surface area (Å²) in [5.41, 5.74) is 3.69. The third-order valence-electron chi connectivity index (χ3n) is 4.10. The van der Waals surface area contributed by atoms with Crippen LogP contribution in [0, 0.1) is 0 Å². The van der Waals surface area contributed by atoms with Gasteiger partial charge in [0.15, 0.2) is 5.82 Å². The maximum atomic E-state index is 4.63. The van der Waals surface area contributed by atoms with Gasteiger partial charge in [-0.15, -0.1) is 5.10 Å². The molecule has 0 saturated carbocycles. The molecular weight excluding hydrogens is 366 g/mol. The number of hydrogen-bond acceptors (Lipinski definition) is 5. The molecule has 1 aromatic heterocycles. The molecule has 0 amide bonds. The molecule has 0 fully saturated rings. The van der Waals surface area contributed by atoms with E-state index in [4.69, 9.17) is 0 Å². The molecule has 1 aliphatic heterocycles. The van der Waals surface area contributed by atoms with Crippen LogP contribution in [-0.2, 0) is 13.0 Å². The number of hydrogen-bond donors (Lipinski definition) is 1. The van der Waals surface area contributed by atoms with E-state index in [2.05, 4.69) is 65.6 Å². The molecule has 2 aromatic carbocycles. The number of rotatable bonds is 3. The van der Waals surface area contributed by atoms with Gasteiger partial charge in [-0.25, -0.2) is 0 Å². The summed E-state index contributed by atoms with van der Waals surface area (Å²) in [5.74, 6) is 1.34. The van der Waals surface area contributed by atoms with E-state index in [0.29, 0.717) is 11.8 Å². The lowest BCUT2D eigenvalue weighted by Gasteiger charge is -2.28. The zero-order valence-electron chi connectivity index (χ0n) is 13.0. The summed E-state index contributed by atoms with van der Waals surface area (Å²) in [4.78, 5) is 6.79. The van der Waals surface area contributed by atoms with Crippen molar-refractivity contribution < 1.29 is 0 Å². The minimum Gasteiger partial charge on any atom is -0.338 e. The summed E-state index contributed by atoms with van der Waals surface area (Å²) in [7, 11) is 0. The third kappa shape index (κ3) is 3.10. The lowest BCUT2D eigenvalue weighted by atomic mass is 10.0. The average Bonchev–Trinajstić information content (AvgIpc) is 2.63. The van der Waals surface area contributed by atoms with E-state index in [9.17, 15) is 0 Å². The second kappa shape index (κ2) is 6.57. The van der Waals surface area contributed by atoms with Crippen molar-refractivity contribution in [2.75, 3.05) is 16.8 Å². The van der Waals surface area contributed by atoms with Crippen LogP contribution in [0.4, 0.5) is 17.5 Å². The molecule has 0 radical (unpaired) electrons. The van der Waals surface area contributed by atoms with E-state index in [0.717, 1.165) is 29.7 Å². The highest BCUT2D eigenvalue weighted by Gasteiger charge is 2.18. The molecule has 0 bridgehead atoms. The first-order chi connectivity index (χ1) is 11.8. The summed E-state index contributed by atoms with van der Waals surface area (Å²) in [6.45, 7) is 1.72. The van der Waals surface area contributed by atoms with Crippen LogP contribution in [0.5, 0.6) is 0 Å². The van der Waals surface area contributed by atoms with Gasteiger partial charge in [-0.3, -0.25) is 0 Å². The molecule has 3 aromatic rings. The normalized spacial score (nSPS) is 13.5. The Hall–Kier alpha value is -2.47. The SMILES string of the molecule is Brc1ccccc1Nc1cnnc(N2CCc3ccccc3C2)n1. The van der Waals surface area contributed by atoms with E-state index in [1.165, 1.54) is 11.1 Å². The Labute approximate surface area is 148 Å². The van der Waals surface area contributed by atoms with Crippen LogP contribution in [-0.4, -0.2) is 21.7 Å². The zero-order valence-corrected chi connectivity index (χ0v) is 14.6. The van der Waals surface area contributed by atoms with E-state index < -0.39 is 0 Å². The summed E-state index contributed by atoms with van der Waals surface area (Å²) in [6, 6.07) is 16.5. The summed E-state index contributed by atoms with van der Waals surface area (Å²) in [5, 5.41) is 11.6. The van der Waals surface area contributed by atoms with Crippen molar-refractivity contribution in [1.82, 2.24) is 15.2 Å². The van der Waals surface area contributed by atoms with Gasteiger partial charge in [0.05, 0.1) is 11.9 Å². The van der Waals surface area contributed by atoms with Gasteiger partial charge in [-0.2, -0.15) is 10.1 Å². The molecule has 5 nitrogen and oxygen atoms in total. The molecule has 4 rings (SSSR count). The van der Waals surface area contributed by atoms with Crippen LogP contribution in [0.25, 0.3) is 0 Å². The number of fused-ring (bicyclic) bond motifs is 1. The number of anilines is 3. The van der Waals surface area contributed by atoms with Crippen LogP contribution < -0.4 is 10.2 Å². The zero-order chi connectivity index (χ0) is 16.4. The van der Waals surface area contributed by atoms with Gasteiger partial charge in [0.1, 0.15) is 0 Å². The van der Waals surface area contributed by atoms with Gasteiger partial charge in [-0.1, -0.05) is 36.4 Å². The highest BCUT2D eigenvalue weighted by molar-refractivity contribution is 9.10. The Morgan fingerprint density at radius 3 is 2.67 bits per heavy atom. The van der Waals surface area contributed by atoms with Crippen molar-refractivity contribution in [1.29, 1.82) is 0 Å². The molecule has 0 unspecified atom stereocenters. The van der Waals surface area contributed by atoms with E-state index in [1.807, 2.05) is 24.3 Å². The van der Waals surface area contributed by atoms with Gasteiger partial charge in [-0.05, 0) is 45.6 Å². The lowest BCUT2D eigenvalue weighted by molar-refractivity contribution is 0.698. The molecule has 6 heteroatoms. The number of para-hydroxylation sites is 1. The summed E-state index contributed by atoms with van der Waals surface area (Å²) in [6.07, 6.45) is 2.64. The second-order valence-electron chi connectivity index (χ2n) is 5.69. The Kier molecular flexibility index (Phi) is 4.13. The van der Waals surface area contributed by atoms with Crippen molar-refractivity contribution in [2.45, 2.75) is 13.0 Å². The van der Waals surface area contributed by atoms with Crippen LogP contribution in [0.2, 0.25) is 0 Å². The standard InChI is InChI=1S/C18H16BrN5/c19-15-7-3-4-8-16(15)21-17-11-20-23-18(22-17)24-10-9-13-5-1-2-6-14(13)12-24/h1-8,11H,9-10,12H2,(H,21,22,23). The van der Waals surface area contributed by atoms with Gasteiger partial charge in [0, 0.05) is 17.6 Å². The van der Waals surface area contributed by atoms with Gasteiger partial charge < -0.3 is 10.2 Å². The van der Waals surface area contributed by atoms with Crippen LogP contribution in [0.3, 0.4) is 0 Å².